The fourth-order valence-electron chi connectivity index (χ4n) is 6.17. The first-order valence-electron chi connectivity index (χ1n) is 14.5. The van der Waals surface area contributed by atoms with E-state index in [4.69, 9.17) is 25.8 Å². The van der Waals surface area contributed by atoms with Crippen molar-refractivity contribution in [3.05, 3.63) is 73.6 Å². The predicted octanol–water partition coefficient (Wildman–Crippen LogP) is 8.23. The number of halogens is 2. The van der Waals surface area contributed by atoms with E-state index in [1.807, 2.05) is 32.0 Å². The second-order valence-electron chi connectivity index (χ2n) is 13.2. The van der Waals surface area contributed by atoms with Crippen LogP contribution in [0.4, 0.5) is 5.69 Å². The fourth-order valence-corrected chi connectivity index (χ4v) is 6.93. The molecule has 43 heavy (non-hydrogen) atoms. The number of carbonyl (C=O) groups is 3. The minimum Gasteiger partial charge on any atom is -0.490 e. The molecule has 0 saturated carbocycles. The number of carbonyl (C=O) groups excluding carboxylic acids is 3. The Morgan fingerprint density at radius 1 is 0.977 bits per heavy atom. The topological polar surface area (TPSA) is 90.9 Å². The van der Waals surface area contributed by atoms with Gasteiger partial charge < -0.3 is 19.5 Å². The van der Waals surface area contributed by atoms with Crippen LogP contribution in [-0.2, 0) is 19.1 Å². The number of hydrogen-bond acceptors (Lipinski definition) is 6. The summed E-state index contributed by atoms with van der Waals surface area (Å²) in [5.74, 6) is 1.09. The smallest absolute Gasteiger partial charge is 0.262 e. The lowest BCUT2D eigenvalue weighted by atomic mass is 9.65. The Labute approximate surface area is 266 Å². The Bertz CT molecular complexity index is 1540. The van der Waals surface area contributed by atoms with E-state index in [9.17, 15) is 14.4 Å². The normalized spacial score (nSPS) is 19.4. The Morgan fingerprint density at radius 2 is 1.58 bits per heavy atom. The van der Waals surface area contributed by atoms with E-state index in [-0.39, 0.29) is 34.9 Å². The van der Waals surface area contributed by atoms with Gasteiger partial charge in [0, 0.05) is 53.5 Å². The average molecular weight is 671 g/mol. The zero-order valence-corrected chi connectivity index (χ0v) is 27.8. The number of Topliss-reactive ketones (excluding diaryl/α,β-unsaturated/α-hetero) is 2. The van der Waals surface area contributed by atoms with Crippen LogP contribution in [0.3, 0.4) is 0 Å². The molecular formula is C34H37BrClNO6. The third-order valence-corrected chi connectivity index (χ3v) is 9.05. The van der Waals surface area contributed by atoms with Gasteiger partial charge in [0.15, 0.2) is 29.7 Å². The molecular weight excluding hydrogens is 634 g/mol. The lowest BCUT2D eigenvalue weighted by Crippen LogP contribution is -2.37. The van der Waals surface area contributed by atoms with Gasteiger partial charge >= 0.3 is 0 Å². The molecule has 9 heteroatoms. The van der Waals surface area contributed by atoms with Crippen molar-refractivity contribution >= 4 is 50.7 Å². The molecule has 1 heterocycles. The van der Waals surface area contributed by atoms with Gasteiger partial charge in [0.1, 0.15) is 11.5 Å². The molecule has 1 N–H and O–H groups in total. The van der Waals surface area contributed by atoms with Gasteiger partial charge in [-0.2, -0.15) is 0 Å². The number of anilines is 1. The summed E-state index contributed by atoms with van der Waals surface area (Å²) in [6, 6.07) is 8.95. The summed E-state index contributed by atoms with van der Waals surface area (Å²) < 4.78 is 18.9. The number of nitrogens with one attached hydrogen (secondary N) is 1. The predicted molar refractivity (Wildman–Crippen MR) is 170 cm³/mol. The van der Waals surface area contributed by atoms with Gasteiger partial charge in [-0.05, 0) is 76.0 Å². The first-order valence-corrected chi connectivity index (χ1v) is 15.7. The first kappa shape index (κ1) is 31.3. The van der Waals surface area contributed by atoms with E-state index in [2.05, 4.69) is 48.9 Å². The van der Waals surface area contributed by atoms with E-state index in [1.165, 1.54) is 0 Å². The van der Waals surface area contributed by atoms with Crippen LogP contribution in [0.25, 0.3) is 0 Å². The number of hydrogen-bond donors (Lipinski definition) is 1. The third-order valence-electron chi connectivity index (χ3n) is 8.05. The molecule has 0 radical (unpaired) electrons. The zero-order chi connectivity index (χ0) is 31.3. The Balaban J connectivity index is 1.51. The molecule has 7 nitrogen and oxygen atoms in total. The standard InChI is InChI=1S/C34H37BrClNO6/c1-7-41-25-11-19(10-21(35)32(25)42-17-28(40)37-20-9-8-18(2)22(36)12-20)29-30-23(38)13-33(3,4)15-26(30)43-27-16-34(5,6)14-24(39)31(27)29/h8-12,29H,7,13-17H2,1-6H3,(H,37,40). The van der Waals surface area contributed by atoms with Crippen molar-refractivity contribution in [2.24, 2.45) is 10.8 Å². The summed E-state index contributed by atoms with van der Waals surface area (Å²) in [6.45, 7) is 12.1. The fraction of sp³-hybridized carbons (Fsp3) is 0.441. The van der Waals surface area contributed by atoms with E-state index in [0.717, 1.165) is 11.1 Å². The molecule has 3 aliphatic rings. The highest BCUT2D eigenvalue weighted by Gasteiger charge is 2.48. The number of allylic oxidation sites excluding steroid dienone is 4. The van der Waals surface area contributed by atoms with Crippen molar-refractivity contribution in [2.75, 3.05) is 18.5 Å². The van der Waals surface area contributed by atoms with Gasteiger partial charge in [-0.15, -0.1) is 0 Å². The van der Waals surface area contributed by atoms with Crippen LogP contribution in [0.2, 0.25) is 5.02 Å². The first-order chi connectivity index (χ1) is 20.2. The lowest BCUT2D eigenvalue weighted by molar-refractivity contribution is -0.120. The molecule has 2 aromatic carbocycles. The van der Waals surface area contributed by atoms with Gasteiger partial charge in [0.2, 0.25) is 0 Å². The molecule has 1 amide bonds. The minimum absolute atomic E-state index is 0.0114. The van der Waals surface area contributed by atoms with E-state index >= 15 is 0 Å². The van der Waals surface area contributed by atoms with Gasteiger partial charge in [0.05, 0.1) is 11.1 Å². The van der Waals surface area contributed by atoms with Crippen molar-refractivity contribution in [1.82, 2.24) is 0 Å². The maximum absolute atomic E-state index is 13.7. The molecule has 0 fully saturated rings. The number of ketones is 2. The molecule has 228 valence electrons. The highest BCUT2D eigenvalue weighted by atomic mass is 79.9. The Hall–Kier alpha value is -3.10. The Morgan fingerprint density at radius 3 is 2.14 bits per heavy atom. The molecule has 0 bridgehead atoms. The third kappa shape index (κ3) is 6.55. The van der Waals surface area contributed by atoms with Gasteiger partial charge in [-0.25, -0.2) is 0 Å². The largest absolute Gasteiger partial charge is 0.490 e. The molecule has 0 saturated heterocycles. The summed E-state index contributed by atoms with van der Waals surface area (Å²) in [5.41, 5.74) is 2.81. The summed E-state index contributed by atoms with van der Waals surface area (Å²) in [6.07, 6.45) is 1.96. The van der Waals surface area contributed by atoms with Gasteiger partial charge in [-0.3, -0.25) is 14.4 Å². The second-order valence-corrected chi connectivity index (χ2v) is 14.4. The van der Waals surface area contributed by atoms with Crippen molar-refractivity contribution in [3.8, 4) is 11.5 Å². The van der Waals surface area contributed by atoms with Crippen LogP contribution in [0.5, 0.6) is 11.5 Å². The summed E-state index contributed by atoms with van der Waals surface area (Å²) in [5, 5.41) is 3.35. The molecule has 2 aromatic rings. The second kappa shape index (κ2) is 11.8. The van der Waals surface area contributed by atoms with Crippen LogP contribution < -0.4 is 14.8 Å². The highest BCUT2D eigenvalue weighted by Crippen LogP contribution is 2.54. The van der Waals surface area contributed by atoms with Crippen LogP contribution in [0, 0.1) is 17.8 Å². The summed E-state index contributed by atoms with van der Waals surface area (Å²) >= 11 is 9.82. The number of aryl methyl sites for hydroxylation is 1. The zero-order valence-electron chi connectivity index (χ0n) is 25.4. The van der Waals surface area contributed by atoms with Crippen molar-refractivity contribution < 1.29 is 28.6 Å². The van der Waals surface area contributed by atoms with E-state index in [1.54, 1.807) is 12.1 Å². The van der Waals surface area contributed by atoms with E-state index < -0.39 is 5.92 Å². The number of amides is 1. The van der Waals surface area contributed by atoms with Crippen molar-refractivity contribution in [1.29, 1.82) is 0 Å². The molecule has 0 spiro atoms. The van der Waals surface area contributed by atoms with Gasteiger partial charge in [-0.1, -0.05) is 45.4 Å². The van der Waals surface area contributed by atoms with Crippen LogP contribution in [0.15, 0.2) is 57.5 Å². The Kier molecular flexibility index (Phi) is 8.58. The molecule has 1 aliphatic heterocycles. The lowest BCUT2D eigenvalue weighted by Gasteiger charge is -2.42. The maximum atomic E-state index is 13.7. The SMILES string of the molecule is CCOc1cc(C2C3=C(CC(C)(C)CC3=O)OC3=C2C(=O)CC(C)(C)C3)cc(Br)c1OCC(=O)Nc1ccc(C)c(Cl)c1. The van der Waals surface area contributed by atoms with E-state index in [0.29, 0.717) is 81.6 Å². The molecule has 0 aromatic heterocycles. The summed E-state index contributed by atoms with van der Waals surface area (Å²) in [7, 11) is 0. The monoisotopic (exact) mass is 669 g/mol. The molecule has 0 unspecified atom stereocenters. The van der Waals surface area contributed by atoms with Crippen LogP contribution in [-0.4, -0.2) is 30.7 Å². The molecule has 5 rings (SSSR count). The van der Waals surface area contributed by atoms with Gasteiger partial charge in [0.25, 0.3) is 5.91 Å². The minimum atomic E-state index is -0.579. The van der Waals surface area contributed by atoms with Crippen molar-refractivity contribution in [3.63, 3.8) is 0 Å². The number of rotatable bonds is 7. The van der Waals surface area contributed by atoms with Crippen LogP contribution in [0.1, 0.15) is 77.3 Å². The van der Waals surface area contributed by atoms with Crippen LogP contribution >= 0.6 is 27.5 Å². The average Bonchev–Trinajstić information content (AvgIpc) is 2.87. The quantitative estimate of drug-likeness (QED) is 0.319. The molecule has 2 aliphatic carbocycles. The molecule has 0 atom stereocenters. The number of ether oxygens (including phenoxy) is 3. The number of benzene rings is 2. The van der Waals surface area contributed by atoms with Crippen molar-refractivity contribution in [2.45, 2.75) is 73.1 Å². The summed E-state index contributed by atoms with van der Waals surface area (Å²) in [4.78, 5) is 40.1. The highest BCUT2D eigenvalue weighted by molar-refractivity contribution is 9.10. The maximum Gasteiger partial charge on any atom is 0.262 e.